The van der Waals surface area contributed by atoms with E-state index < -0.39 is 0 Å². The molecule has 0 saturated carbocycles. The lowest BCUT2D eigenvalue weighted by atomic mass is 10.2. The molecule has 6 heteroatoms. The van der Waals surface area contributed by atoms with Crippen LogP contribution in [0.5, 0.6) is 0 Å². The highest BCUT2D eigenvalue weighted by molar-refractivity contribution is 5.92. The van der Waals surface area contributed by atoms with Crippen molar-refractivity contribution in [3.8, 4) is 0 Å². The fourth-order valence-corrected chi connectivity index (χ4v) is 2.78. The minimum Gasteiger partial charge on any atom is -0.353 e. The van der Waals surface area contributed by atoms with E-state index in [9.17, 15) is 4.79 Å². The van der Waals surface area contributed by atoms with Gasteiger partial charge in [-0.15, -0.1) is 0 Å². The van der Waals surface area contributed by atoms with Gasteiger partial charge in [0.05, 0.1) is 0 Å². The van der Waals surface area contributed by atoms with Crippen LogP contribution in [0, 0.1) is 6.92 Å². The number of carbonyl (C=O) groups is 1. The Balaban J connectivity index is 1.64. The van der Waals surface area contributed by atoms with Crippen LogP contribution in [0.3, 0.4) is 0 Å². The fourth-order valence-electron chi connectivity index (χ4n) is 2.78. The van der Waals surface area contributed by atoms with Crippen LogP contribution in [-0.2, 0) is 6.54 Å². The number of aromatic nitrogens is 3. The van der Waals surface area contributed by atoms with Gasteiger partial charge >= 0.3 is 0 Å². The van der Waals surface area contributed by atoms with Crippen LogP contribution in [0.4, 0.5) is 5.82 Å². The minimum absolute atomic E-state index is 0.0240. The standard InChI is InChI=1S/C16H21N5O/c1-3-21-13(2)12-14(18-21)16(22)20-10-8-19(9-11-20)15-6-4-5-7-17-15/h4-7,12H,3,8-11H2,1-2H3. The lowest BCUT2D eigenvalue weighted by Gasteiger charge is -2.35. The molecule has 1 aliphatic heterocycles. The molecule has 0 unspecified atom stereocenters. The summed E-state index contributed by atoms with van der Waals surface area (Å²) in [5, 5.41) is 4.38. The molecule has 6 nitrogen and oxygen atoms in total. The number of piperazine rings is 1. The van der Waals surface area contributed by atoms with Gasteiger partial charge in [-0.25, -0.2) is 4.98 Å². The molecule has 3 heterocycles. The molecular weight excluding hydrogens is 278 g/mol. The Kier molecular flexibility index (Phi) is 4.09. The van der Waals surface area contributed by atoms with Crippen molar-refractivity contribution in [3.05, 3.63) is 41.9 Å². The second-order valence-corrected chi connectivity index (χ2v) is 5.45. The van der Waals surface area contributed by atoms with E-state index in [2.05, 4.69) is 15.0 Å². The molecule has 1 saturated heterocycles. The van der Waals surface area contributed by atoms with E-state index in [0.717, 1.165) is 31.1 Å². The van der Waals surface area contributed by atoms with Crippen molar-refractivity contribution in [2.24, 2.45) is 0 Å². The number of amides is 1. The second kappa shape index (κ2) is 6.17. The summed E-state index contributed by atoms with van der Waals surface area (Å²) in [5.74, 6) is 0.997. The molecule has 0 aromatic carbocycles. The second-order valence-electron chi connectivity index (χ2n) is 5.45. The van der Waals surface area contributed by atoms with Crippen molar-refractivity contribution in [2.45, 2.75) is 20.4 Å². The Hall–Kier alpha value is -2.37. The number of anilines is 1. The zero-order chi connectivity index (χ0) is 15.5. The van der Waals surface area contributed by atoms with Gasteiger partial charge in [0.25, 0.3) is 5.91 Å². The lowest BCUT2D eigenvalue weighted by Crippen LogP contribution is -2.49. The summed E-state index contributed by atoms with van der Waals surface area (Å²) in [4.78, 5) is 21.0. The molecule has 0 spiro atoms. The van der Waals surface area contributed by atoms with Crippen molar-refractivity contribution in [2.75, 3.05) is 31.1 Å². The minimum atomic E-state index is 0.0240. The summed E-state index contributed by atoms with van der Waals surface area (Å²) >= 11 is 0. The van der Waals surface area contributed by atoms with E-state index in [4.69, 9.17) is 0 Å². The molecule has 2 aromatic rings. The number of hydrogen-bond acceptors (Lipinski definition) is 4. The van der Waals surface area contributed by atoms with E-state index in [1.54, 1.807) is 6.20 Å². The number of rotatable bonds is 3. The summed E-state index contributed by atoms with van der Waals surface area (Å²) in [5.41, 5.74) is 1.57. The van der Waals surface area contributed by atoms with Crippen molar-refractivity contribution >= 4 is 11.7 Å². The first-order valence-electron chi connectivity index (χ1n) is 7.68. The molecular formula is C16H21N5O. The van der Waals surface area contributed by atoms with E-state index in [0.29, 0.717) is 18.8 Å². The highest BCUT2D eigenvalue weighted by atomic mass is 16.2. The quantitative estimate of drug-likeness (QED) is 0.863. The highest BCUT2D eigenvalue weighted by Crippen LogP contribution is 2.14. The third-order valence-corrected chi connectivity index (χ3v) is 4.04. The maximum absolute atomic E-state index is 12.5. The van der Waals surface area contributed by atoms with Crippen LogP contribution < -0.4 is 4.90 Å². The van der Waals surface area contributed by atoms with Gasteiger partial charge in [-0.2, -0.15) is 5.10 Å². The van der Waals surface area contributed by atoms with Crippen LogP contribution in [0.2, 0.25) is 0 Å². The van der Waals surface area contributed by atoms with Crippen molar-refractivity contribution < 1.29 is 4.79 Å². The smallest absolute Gasteiger partial charge is 0.274 e. The Morgan fingerprint density at radius 2 is 2.00 bits per heavy atom. The average molecular weight is 299 g/mol. The first kappa shape index (κ1) is 14.6. The van der Waals surface area contributed by atoms with E-state index >= 15 is 0 Å². The van der Waals surface area contributed by atoms with Gasteiger partial charge in [-0.3, -0.25) is 9.48 Å². The van der Waals surface area contributed by atoms with Crippen LogP contribution in [0.1, 0.15) is 23.1 Å². The number of carbonyl (C=O) groups excluding carboxylic acids is 1. The van der Waals surface area contributed by atoms with Gasteiger partial charge in [0.2, 0.25) is 0 Å². The van der Waals surface area contributed by atoms with Crippen molar-refractivity contribution in [3.63, 3.8) is 0 Å². The first-order valence-corrected chi connectivity index (χ1v) is 7.68. The number of nitrogens with zero attached hydrogens (tertiary/aromatic N) is 5. The third kappa shape index (κ3) is 2.81. The number of hydrogen-bond donors (Lipinski definition) is 0. The zero-order valence-corrected chi connectivity index (χ0v) is 13.1. The predicted octanol–water partition coefficient (Wildman–Crippen LogP) is 1.57. The fraction of sp³-hybridized carbons (Fsp3) is 0.438. The highest BCUT2D eigenvalue weighted by Gasteiger charge is 2.24. The van der Waals surface area contributed by atoms with E-state index in [-0.39, 0.29) is 5.91 Å². The van der Waals surface area contributed by atoms with Crippen molar-refractivity contribution in [1.82, 2.24) is 19.7 Å². The Morgan fingerprint density at radius 1 is 1.23 bits per heavy atom. The molecule has 1 fully saturated rings. The number of aryl methyl sites for hydroxylation is 2. The van der Waals surface area contributed by atoms with Crippen LogP contribution in [0.25, 0.3) is 0 Å². The van der Waals surface area contributed by atoms with Gasteiger partial charge in [-0.1, -0.05) is 6.07 Å². The molecule has 0 atom stereocenters. The molecule has 1 aliphatic rings. The molecule has 22 heavy (non-hydrogen) atoms. The molecule has 2 aromatic heterocycles. The van der Waals surface area contributed by atoms with Gasteiger partial charge in [0.1, 0.15) is 5.82 Å². The molecule has 0 N–H and O–H groups in total. The SMILES string of the molecule is CCn1nc(C(=O)N2CCN(c3ccccn3)CC2)cc1C. The maximum Gasteiger partial charge on any atom is 0.274 e. The molecule has 0 aliphatic carbocycles. The summed E-state index contributed by atoms with van der Waals surface area (Å²) in [6.45, 7) is 7.80. The third-order valence-electron chi connectivity index (χ3n) is 4.04. The summed E-state index contributed by atoms with van der Waals surface area (Å²) < 4.78 is 1.86. The zero-order valence-electron chi connectivity index (χ0n) is 13.1. The Labute approximate surface area is 130 Å². The Morgan fingerprint density at radius 3 is 2.59 bits per heavy atom. The average Bonchev–Trinajstić information content (AvgIpc) is 2.96. The summed E-state index contributed by atoms with van der Waals surface area (Å²) in [6, 6.07) is 7.77. The van der Waals surface area contributed by atoms with Crippen LogP contribution in [-0.4, -0.2) is 51.8 Å². The first-order chi connectivity index (χ1) is 10.7. The monoisotopic (exact) mass is 299 g/mol. The number of pyridine rings is 1. The van der Waals surface area contributed by atoms with Crippen LogP contribution in [0.15, 0.2) is 30.5 Å². The predicted molar refractivity (Wildman–Crippen MR) is 85.0 cm³/mol. The van der Waals surface area contributed by atoms with Crippen LogP contribution >= 0.6 is 0 Å². The summed E-state index contributed by atoms with van der Waals surface area (Å²) in [6.07, 6.45) is 1.80. The summed E-state index contributed by atoms with van der Waals surface area (Å²) in [7, 11) is 0. The normalized spacial score (nSPS) is 15.2. The topological polar surface area (TPSA) is 54.3 Å². The molecule has 3 rings (SSSR count). The van der Waals surface area contributed by atoms with Gasteiger partial charge in [0.15, 0.2) is 5.69 Å². The van der Waals surface area contributed by atoms with E-state index in [1.165, 1.54) is 0 Å². The molecule has 116 valence electrons. The van der Waals surface area contributed by atoms with Gasteiger partial charge < -0.3 is 9.80 Å². The lowest BCUT2D eigenvalue weighted by molar-refractivity contribution is 0.0739. The van der Waals surface area contributed by atoms with Gasteiger partial charge in [0, 0.05) is 44.6 Å². The largest absolute Gasteiger partial charge is 0.353 e. The molecule has 1 amide bonds. The van der Waals surface area contributed by atoms with E-state index in [1.807, 2.05) is 47.7 Å². The Bertz CT molecular complexity index is 644. The molecule has 0 bridgehead atoms. The molecule has 0 radical (unpaired) electrons. The van der Waals surface area contributed by atoms with Crippen molar-refractivity contribution in [1.29, 1.82) is 0 Å². The maximum atomic E-state index is 12.5. The van der Waals surface area contributed by atoms with Gasteiger partial charge in [-0.05, 0) is 32.0 Å².